The number of anilines is 1. The van der Waals surface area contributed by atoms with Gasteiger partial charge in [-0.1, -0.05) is 0 Å². The van der Waals surface area contributed by atoms with Crippen LogP contribution in [-0.2, 0) is 9.47 Å². The maximum absolute atomic E-state index is 11.3. The summed E-state index contributed by atoms with van der Waals surface area (Å²) >= 11 is 0. The molecule has 1 aromatic rings. The maximum atomic E-state index is 11.3. The zero-order valence-electron chi connectivity index (χ0n) is 10.2. The molecule has 0 radical (unpaired) electrons. The van der Waals surface area contributed by atoms with E-state index in [9.17, 15) is 9.90 Å². The fourth-order valence-corrected chi connectivity index (χ4v) is 1.76. The van der Waals surface area contributed by atoms with Gasteiger partial charge in [0.1, 0.15) is 11.3 Å². The largest absolute Gasteiger partial charge is 0.464 e. The number of ether oxygens (including phenoxy) is 2. The quantitative estimate of drug-likeness (QED) is 0.756. The summed E-state index contributed by atoms with van der Waals surface area (Å²) < 4.78 is 9.74. The number of esters is 1. The number of carbonyl (C=O) groups excluding carboxylic acids is 1. The number of hydrogen-bond donors (Lipinski definition) is 2. The molecule has 1 aromatic heterocycles. The van der Waals surface area contributed by atoms with E-state index in [0.717, 1.165) is 0 Å². The Labute approximate surface area is 105 Å². The molecule has 0 aromatic carbocycles. The van der Waals surface area contributed by atoms with E-state index >= 15 is 0 Å². The first kappa shape index (κ1) is 12.8. The highest BCUT2D eigenvalue weighted by molar-refractivity contribution is 5.88. The van der Waals surface area contributed by atoms with Gasteiger partial charge in [-0.2, -0.15) is 0 Å². The predicted molar refractivity (Wildman–Crippen MR) is 64.5 cm³/mol. The van der Waals surface area contributed by atoms with Crippen molar-refractivity contribution >= 4 is 11.7 Å². The topological polar surface area (TPSA) is 80.7 Å². The normalized spacial score (nSPS) is 22.8. The van der Waals surface area contributed by atoms with E-state index in [2.05, 4.69) is 15.0 Å². The fourth-order valence-electron chi connectivity index (χ4n) is 1.76. The first-order chi connectivity index (χ1) is 8.63. The van der Waals surface area contributed by atoms with E-state index in [0.29, 0.717) is 31.9 Å². The summed E-state index contributed by atoms with van der Waals surface area (Å²) in [5.41, 5.74) is 0.109. The second kappa shape index (κ2) is 5.32. The number of carbonyl (C=O) groups is 1. The Morgan fingerprint density at radius 2 is 2.56 bits per heavy atom. The van der Waals surface area contributed by atoms with Crippen molar-refractivity contribution < 1.29 is 19.4 Å². The summed E-state index contributed by atoms with van der Waals surface area (Å²) in [7, 11) is 1.31. The van der Waals surface area contributed by atoms with Crippen LogP contribution in [0.2, 0.25) is 0 Å². The van der Waals surface area contributed by atoms with Gasteiger partial charge in [0.15, 0.2) is 0 Å². The lowest BCUT2D eigenvalue weighted by atomic mass is 10.0. The van der Waals surface area contributed by atoms with Crippen LogP contribution < -0.4 is 5.32 Å². The molecule has 0 aliphatic carbocycles. The first-order valence-electron chi connectivity index (χ1n) is 5.71. The van der Waals surface area contributed by atoms with Gasteiger partial charge >= 0.3 is 5.97 Å². The zero-order valence-corrected chi connectivity index (χ0v) is 10.2. The average Bonchev–Trinajstić information content (AvgIpc) is 2.83. The van der Waals surface area contributed by atoms with E-state index in [4.69, 9.17) is 4.74 Å². The lowest BCUT2D eigenvalue weighted by Crippen LogP contribution is -2.37. The zero-order chi connectivity index (χ0) is 13.0. The summed E-state index contributed by atoms with van der Waals surface area (Å²) in [6.07, 6.45) is 2.12. The van der Waals surface area contributed by atoms with Gasteiger partial charge in [-0.15, -0.1) is 0 Å². The predicted octanol–water partition coefficient (Wildman–Crippen LogP) is 0.431. The molecule has 18 heavy (non-hydrogen) atoms. The van der Waals surface area contributed by atoms with Gasteiger partial charge in [-0.3, -0.25) is 0 Å². The van der Waals surface area contributed by atoms with Crippen LogP contribution in [0.25, 0.3) is 0 Å². The number of hydrogen-bond acceptors (Lipinski definition) is 6. The minimum Gasteiger partial charge on any atom is -0.464 e. The Balaban J connectivity index is 1.99. The van der Waals surface area contributed by atoms with Crippen molar-refractivity contribution in [1.29, 1.82) is 0 Å². The monoisotopic (exact) mass is 252 g/mol. The highest BCUT2D eigenvalue weighted by atomic mass is 16.5. The van der Waals surface area contributed by atoms with Gasteiger partial charge in [0.25, 0.3) is 0 Å². The number of rotatable bonds is 4. The van der Waals surface area contributed by atoms with Gasteiger partial charge < -0.3 is 19.9 Å². The lowest BCUT2D eigenvalue weighted by molar-refractivity contribution is 0.0382. The summed E-state index contributed by atoms with van der Waals surface area (Å²) in [6, 6.07) is 3.32. The van der Waals surface area contributed by atoms with E-state index < -0.39 is 11.6 Å². The van der Waals surface area contributed by atoms with Crippen molar-refractivity contribution in [3.05, 3.63) is 24.0 Å². The Kier molecular flexibility index (Phi) is 3.78. The van der Waals surface area contributed by atoms with Crippen molar-refractivity contribution in [1.82, 2.24) is 4.98 Å². The minimum atomic E-state index is -0.839. The maximum Gasteiger partial charge on any atom is 0.356 e. The van der Waals surface area contributed by atoms with Crippen molar-refractivity contribution in [3.8, 4) is 0 Å². The molecule has 1 aliphatic rings. The third-order valence-corrected chi connectivity index (χ3v) is 2.86. The number of methoxy groups -OCH3 is 1. The van der Waals surface area contributed by atoms with Gasteiger partial charge in [-0.05, 0) is 12.1 Å². The molecular weight excluding hydrogens is 236 g/mol. The number of aromatic nitrogens is 1. The molecule has 0 saturated carbocycles. The molecule has 1 fully saturated rings. The summed E-state index contributed by atoms with van der Waals surface area (Å²) in [4.78, 5) is 15.2. The molecule has 6 nitrogen and oxygen atoms in total. The molecule has 1 aliphatic heterocycles. The Hall–Kier alpha value is -1.66. The summed E-state index contributed by atoms with van der Waals surface area (Å²) in [5.74, 6) is -0.485. The number of pyridine rings is 1. The van der Waals surface area contributed by atoms with Crippen LogP contribution >= 0.6 is 0 Å². The molecule has 1 saturated heterocycles. The second-order valence-corrected chi connectivity index (χ2v) is 4.30. The Morgan fingerprint density at radius 1 is 1.72 bits per heavy atom. The van der Waals surface area contributed by atoms with Crippen LogP contribution in [0, 0.1) is 0 Å². The van der Waals surface area contributed by atoms with Crippen molar-refractivity contribution in [2.24, 2.45) is 0 Å². The Morgan fingerprint density at radius 3 is 3.22 bits per heavy atom. The Bertz CT molecular complexity index is 430. The number of nitrogens with one attached hydrogen (secondary N) is 1. The van der Waals surface area contributed by atoms with Crippen molar-refractivity contribution in [3.63, 3.8) is 0 Å². The summed E-state index contributed by atoms with van der Waals surface area (Å²) in [6.45, 7) is 1.27. The van der Waals surface area contributed by atoms with Gasteiger partial charge in [0.05, 0.1) is 13.7 Å². The van der Waals surface area contributed by atoms with E-state index in [1.54, 1.807) is 12.1 Å². The van der Waals surface area contributed by atoms with Crippen LogP contribution in [0.4, 0.5) is 5.69 Å². The smallest absolute Gasteiger partial charge is 0.356 e. The van der Waals surface area contributed by atoms with Crippen LogP contribution in [0.5, 0.6) is 0 Å². The third-order valence-electron chi connectivity index (χ3n) is 2.86. The molecule has 2 N–H and O–H groups in total. The molecule has 2 heterocycles. The van der Waals surface area contributed by atoms with Gasteiger partial charge in [-0.25, -0.2) is 9.78 Å². The van der Waals surface area contributed by atoms with Crippen LogP contribution in [-0.4, -0.2) is 48.5 Å². The van der Waals surface area contributed by atoms with Gasteiger partial charge in [0, 0.05) is 31.5 Å². The van der Waals surface area contributed by atoms with E-state index in [-0.39, 0.29) is 5.69 Å². The molecule has 1 unspecified atom stereocenters. The molecule has 0 amide bonds. The molecule has 6 heteroatoms. The van der Waals surface area contributed by atoms with E-state index in [1.165, 1.54) is 13.3 Å². The van der Waals surface area contributed by atoms with E-state index in [1.807, 2.05) is 0 Å². The molecular formula is C12H16N2O4. The first-order valence-corrected chi connectivity index (χ1v) is 5.71. The van der Waals surface area contributed by atoms with Crippen LogP contribution in [0.1, 0.15) is 16.9 Å². The number of nitrogens with zero attached hydrogens (tertiary/aromatic N) is 1. The second-order valence-electron chi connectivity index (χ2n) is 4.30. The van der Waals surface area contributed by atoms with Crippen molar-refractivity contribution in [2.75, 3.05) is 32.2 Å². The van der Waals surface area contributed by atoms with Crippen LogP contribution in [0.3, 0.4) is 0 Å². The molecule has 2 rings (SSSR count). The van der Waals surface area contributed by atoms with Crippen molar-refractivity contribution in [2.45, 2.75) is 12.0 Å². The molecule has 98 valence electrons. The molecule has 1 atom stereocenters. The minimum absolute atomic E-state index is 0.233. The highest BCUT2D eigenvalue weighted by Gasteiger charge is 2.31. The standard InChI is InChI=1S/C12H16N2O4/c1-17-11(15)10-6-9(2-4-13-10)14-7-12(16)3-5-18-8-12/h2,4,6,16H,3,5,7-8H2,1H3,(H,13,14). The molecule has 0 spiro atoms. The highest BCUT2D eigenvalue weighted by Crippen LogP contribution is 2.19. The fraction of sp³-hybridized carbons (Fsp3) is 0.500. The van der Waals surface area contributed by atoms with Crippen LogP contribution in [0.15, 0.2) is 18.3 Å². The number of aliphatic hydroxyl groups is 1. The van der Waals surface area contributed by atoms with Gasteiger partial charge in [0.2, 0.25) is 0 Å². The summed E-state index contributed by atoms with van der Waals surface area (Å²) in [5, 5.41) is 13.2. The molecule has 0 bridgehead atoms. The third kappa shape index (κ3) is 2.96. The average molecular weight is 252 g/mol. The lowest BCUT2D eigenvalue weighted by Gasteiger charge is -2.21. The SMILES string of the molecule is COC(=O)c1cc(NCC2(O)CCOC2)ccn1.